The maximum Gasteiger partial charge on any atom is 0.306 e. The molecule has 30 heavy (non-hydrogen) atoms. The van der Waals surface area contributed by atoms with Gasteiger partial charge in [-0.3, -0.25) is 9.59 Å². The van der Waals surface area contributed by atoms with Gasteiger partial charge < -0.3 is 14.2 Å². The van der Waals surface area contributed by atoms with Gasteiger partial charge in [0.2, 0.25) is 0 Å². The number of thiophene rings is 1. The molecule has 0 N–H and O–H groups in total. The number of ketones is 1. The second kappa shape index (κ2) is 10.4. The van der Waals surface area contributed by atoms with Crippen LogP contribution in [0.5, 0.6) is 0 Å². The summed E-state index contributed by atoms with van der Waals surface area (Å²) in [6, 6.07) is 5.65. The number of hydrogen-bond acceptors (Lipinski definition) is 7. The molecule has 0 aliphatic carbocycles. The quantitative estimate of drug-likeness (QED) is 0.276. The molecule has 0 atom stereocenters. The van der Waals surface area contributed by atoms with Crippen LogP contribution in [0.15, 0.2) is 28.1 Å². The first kappa shape index (κ1) is 22.7. The molecule has 1 aliphatic rings. The number of esters is 1. The van der Waals surface area contributed by atoms with Crippen LogP contribution >= 0.6 is 11.3 Å². The molecule has 2 aromatic rings. The van der Waals surface area contributed by atoms with Gasteiger partial charge in [-0.15, -0.1) is 11.3 Å². The molecule has 0 radical (unpaired) electrons. The normalized spacial score (nSPS) is 15.2. The molecule has 3 heterocycles. The molecular weight excluding hydrogens is 400 g/mol. The molecule has 0 bridgehead atoms. The molecule has 0 aromatic carbocycles. The lowest BCUT2D eigenvalue weighted by Crippen LogP contribution is -2.48. The fraction of sp³-hybridized carbons (Fsp3) is 0.609. The minimum atomic E-state index is -0.401. The van der Waals surface area contributed by atoms with E-state index in [2.05, 4.69) is 10.1 Å². The predicted molar refractivity (Wildman–Crippen MR) is 118 cm³/mol. The smallest absolute Gasteiger partial charge is 0.306 e. The zero-order chi connectivity index (χ0) is 21.6. The maximum absolute atomic E-state index is 12.3. The highest BCUT2D eigenvalue weighted by atomic mass is 32.1. The Morgan fingerprint density at radius 3 is 2.70 bits per heavy atom. The summed E-state index contributed by atoms with van der Waals surface area (Å²) in [5.41, 5.74) is 0.0251. The Balaban J connectivity index is 1.21. The number of ether oxygens (including phenoxy) is 1. The zero-order valence-electron chi connectivity index (χ0n) is 18.2. The largest absolute Gasteiger partial charge is 0.460 e. The molecule has 2 aromatic heterocycles. The summed E-state index contributed by atoms with van der Waals surface area (Å²) in [6.07, 6.45) is 5.18. The van der Waals surface area contributed by atoms with Crippen molar-refractivity contribution in [3.05, 3.63) is 29.3 Å². The third-order valence-electron chi connectivity index (χ3n) is 5.10. The summed E-state index contributed by atoms with van der Waals surface area (Å²) in [6.45, 7) is 8.73. The van der Waals surface area contributed by atoms with Crippen LogP contribution in [0.2, 0.25) is 0 Å². The van der Waals surface area contributed by atoms with E-state index in [0.717, 1.165) is 50.2 Å². The molecule has 164 valence electrons. The Morgan fingerprint density at radius 1 is 1.23 bits per heavy atom. The molecule has 0 spiro atoms. The lowest BCUT2D eigenvalue weighted by molar-refractivity contribution is -0.157. The number of carbonyl (C=O) groups is 2. The molecule has 7 heteroatoms. The Morgan fingerprint density at radius 2 is 2.00 bits per heavy atom. The zero-order valence-corrected chi connectivity index (χ0v) is 19.0. The third-order valence-corrected chi connectivity index (χ3v) is 5.98. The van der Waals surface area contributed by atoms with Gasteiger partial charge in [0.05, 0.1) is 11.3 Å². The Hall–Kier alpha value is -1.99. The van der Waals surface area contributed by atoms with Crippen LogP contribution in [-0.4, -0.2) is 47.0 Å². The van der Waals surface area contributed by atoms with Crippen LogP contribution in [0.1, 0.15) is 69.8 Å². The fourth-order valence-electron chi connectivity index (χ4n) is 3.65. The van der Waals surface area contributed by atoms with E-state index < -0.39 is 5.60 Å². The van der Waals surface area contributed by atoms with Crippen molar-refractivity contribution in [2.45, 2.75) is 64.9 Å². The van der Waals surface area contributed by atoms with Crippen LogP contribution < -0.4 is 0 Å². The molecule has 0 amide bonds. The first-order valence-electron chi connectivity index (χ1n) is 10.8. The van der Waals surface area contributed by atoms with E-state index in [1.165, 1.54) is 0 Å². The van der Waals surface area contributed by atoms with Crippen LogP contribution in [0, 0.1) is 5.92 Å². The van der Waals surface area contributed by atoms with Gasteiger partial charge >= 0.3 is 5.97 Å². The van der Waals surface area contributed by atoms with Gasteiger partial charge in [-0.25, -0.2) is 0 Å². The third kappa shape index (κ3) is 7.06. The summed E-state index contributed by atoms with van der Waals surface area (Å²) < 4.78 is 10.7. The first-order chi connectivity index (χ1) is 14.3. The molecule has 3 rings (SSSR count). The Labute approximate surface area is 182 Å². The summed E-state index contributed by atoms with van der Waals surface area (Å²) in [7, 11) is 0. The van der Waals surface area contributed by atoms with E-state index in [1.54, 1.807) is 17.4 Å². The average Bonchev–Trinajstić information content (AvgIpc) is 3.31. The highest BCUT2D eigenvalue weighted by molar-refractivity contribution is 7.13. The second-order valence-electron chi connectivity index (χ2n) is 9.06. The lowest BCUT2D eigenvalue weighted by atomic mass is 9.95. The molecular formula is C23H32N2O4S. The number of aromatic nitrogens is 1. The van der Waals surface area contributed by atoms with E-state index in [4.69, 9.17) is 9.26 Å². The van der Waals surface area contributed by atoms with Gasteiger partial charge in [0.1, 0.15) is 11.3 Å². The molecule has 1 saturated heterocycles. The molecule has 6 nitrogen and oxygen atoms in total. The summed E-state index contributed by atoms with van der Waals surface area (Å²) >= 11 is 1.57. The van der Waals surface area contributed by atoms with Crippen molar-refractivity contribution >= 4 is 23.1 Å². The van der Waals surface area contributed by atoms with E-state index >= 15 is 0 Å². The summed E-state index contributed by atoms with van der Waals surface area (Å²) in [5, 5.41) is 5.89. The topological polar surface area (TPSA) is 72.6 Å². The van der Waals surface area contributed by atoms with Crippen LogP contribution in [0.25, 0.3) is 10.6 Å². The number of carbonyl (C=O) groups excluding carboxylic acids is 2. The van der Waals surface area contributed by atoms with Crippen molar-refractivity contribution < 1.29 is 18.8 Å². The van der Waals surface area contributed by atoms with Gasteiger partial charge in [-0.05, 0) is 57.5 Å². The van der Waals surface area contributed by atoms with E-state index in [9.17, 15) is 9.59 Å². The molecule has 1 fully saturated rings. The van der Waals surface area contributed by atoms with Crippen molar-refractivity contribution in [1.29, 1.82) is 0 Å². The van der Waals surface area contributed by atoms with E-state index in [1.807, 2.05) is 38.3 Å². The Kier molecular flexibility index (Phi) is 7.83. The molecule has 0 unspecified atom stereocenters. The standard InChI is InChI=1S/C23H32N2O4S/c1-23(2,3)28-22(27)13-17-15-25(16-17)11-7-5-4-6-9-19(26)18-14-20(29-24-18)21-10-8-12-30-21/h8,10,12,14,17H,4-7,9,11,13,15-16H2,1-3H3. The highest BCUT2D eigenvalue weighted by Gasteiger charge is 2.29. The number of Topliss-reactive ketones (excluding diaryl/α,β-unsaturated/α-hetero) is 1. The number of unbranched alkanes of at least 4 members (excludes halogenated alkanes) is 3. The lowest BCUT2D eigenvalue weighted by Gasteiger charge is -2.39. The van der Waals surface area contributed by atoms with Crippen LogP contribution in [-0.2, 0) is 9.53 Å². The number of likely N-dealkylation sites (tertiary alicyclic amines) is 1. The van der Waals surface area contributed by atoms with Crippen molar-refractivity contribution in [2.24, 2.45) is 5.92 Å². The van der Waals surface area contributed by atoms with Crippen LogP contribution in [0.3, 0.4) is 0 Å². The minimum absolute atomic E-state index is 0.0503. The number of hydrogen-bond donors (Lipinski definition) is 0. The predicted octanol–water partition coefficient (Wildman–Crippen LogP) is 5.20. The number of rotatable bonds is 11. The maximum atomic E-state index is 12.3. The minimum Gasteiger partial charge on any atom is -0.460 e. The summed E-state index contributed by atoms with van der Waals surface area (Å²) in [4.78, 5) is 27.5. The van der Waals surface area contributed by atoms with Crippen molar-refractivity contribution in [2.75, 3.05) is 19.6 Å². The van der Waals surface area contributed by atoms with E-state index in [-0.39, 0.29) is 11.8 Å². The van der Waals surface area contributed by atoms with Gasteiger partial charge in [-0.1, -0.05) is 24.1 Å². The first-order valence-corrected chi connectivity index (χ1v) is 11.7. The average molecular weight is 433 g/mol. The fourth-order valence-corrected chi connectivity index (χ4v) is 4.32. The van der Waals surface area contributed by atoms with Gasteiger partial charge in [0.25, 0.3) is 0 Å². The van der Waals surface area contributed by atoms with E-state index in [0.29, 0.717) is 30.2 Å². The molecule has 1 aliphatic heterocycles. The summed E-state index contributed by atoms with van der Waals surface area (Å²) in [5.74, 6) is 1.05. The Bertz CT molecular complexity index is 817. The monoisotopic (exact) mass is 432 g/mol. The van der Waals surface area contributed by atoms with Gasteiger partial charge in [0, 0.05) is 25.6 Å². The SMILES string of the molecule is CC(C)(C)OC(=O)CC1CN(CCCCCCC(=O)c2cc(-c3cccs3)on2)C1. The van der Waals surface area contributed by atoms with Gasteiger partial charge in [-0.2, -0.15) is 0 Å². The van der Waals surface area contributed by atoms with Crippen molar-refractivity contribution in [3.8, 4) is 10.6 Å². The number of nitrogens with zero attached hydrogens (tertiary/aromatic N) is 2. The van der Waals surface area contributed by atoms with Crippen LogP contribution in [0.4, 0.5) is 0 Å². The molecule has 0 saturated carbocycles. The van der Waals surface area contributed by atoms with Gasteiger partial charge in [0.15, 0.2) is 11.5 Å². The van der Waals surface area contributed by atoms with Crippen molar-refractivity contribution in [1.82, 2.24) is 10.1 Å². The van der Waals surface area contributed by atoms with Crippen molar-refractivity contribution in [3.63, 3.8) is 0 Å². The second-order valence-corrected chi connectivity index (χ2v) is 10.0. The highest BCUT2D eigenvalue weighted by Crippen LogP contribution is 2.26.